The lowest BCUT2D eigenvalue weighted by atomic mass is 9.93. The predicted molar refractivity (Wildman–Crippen MR) is 193 cm³/mol. The Morgan fingerprint density at radius 2 is 1.41 bits per heavy atom. The number of nitrogens with zero attached hydrogens (tertiary/aromatic N) is 4. The van der Waals surface area contributed by atoms with Crippen molar-refractivity contribution in [3.05, 3.63) is 119 Å². The second-order valence-electron chi connectivity index (χ2n) is 13.9. The zero-order valence-electron chi connectivity index (χ0n) is 28.6. The highest BCUT2D eigenvalue weighted by atomic mass is 16.4. The van der Waals surface area contributed by atoms with Gasteiger partial charge in [-0.25, -0.2) is 0 Å². The highest BCUT2D eigenvalue weighted by molar-refractivity contribution is 5.83. The lowest BCUT2D eigenvalue weighted by molar-refractivity contribution is -0.142. The first-order chi connectivity index (χ1) is 23.7. The van der Waals surface area contributed by atoms with Gasteiger partial charge in [-0.05, 0) is 98.6 Å². The van der Waals surface area contributed by atoms with Gasteiger partial charge in [-0.2, -0.15) is 10.5 Å². The molecule has 3 atom stereocenters. The predicted octanol–water partition coefficient (Wildman–Crippen LogP) is 6.25. The molecule has 2 aliphatic rings. The van der Waals surface area contributed by atoms with Gasteiger partial charge < -0.3 is 15.5 Å². The van der Waals surface area contributed by atoms with E-state index in [2.05, 4.69) is 78.7 Å². The number of carboxylic acid groups (broad SMARTS) is 1. The zero-order chi connectivity index (χ0) is 34.8. The van der Waals surface area contributed by atoms with Crippen LogP contribution in [0.5, 0.6) is 0 Å². The minimum Gasteiger partial charge on any atom is -0.480 e. The van der Waals surface area contributed by atoms with Crippen LogP contribution in [0.15, 0.2) is 91.0 Å². The Morgan fingerprint density at radius 1 is 0.837 bits per heavy atom. The molecule has 3 N–H and O–H groups in total. The van der Waals surface area contributed by atoms with Crippen LogP contribution in [0.25, 0.3) is 10.8 Å². The van der Waals surface area contributed by atoms with Crippen LogP contribution in [-0.4, -0.2) is 69.3 Å². The molecule has 49 heavy (non-hydrogen) atoms. The van der Waals surface area contributed by atoms with Crippen LogP contribution in [0.2, 0.25) is 0 Å². The van der Waals surface area contributed by atoms with Crippen molar-refractivity contribution in [3.63, 3.8) is 0 Å². The summed E-state index contributed by atoms with van der Waals surface area (Å²) < 4.78 is 0. The maximum absolute atomic E-state index is 11.0. The molecule has 0 radical (unpaired) electrons. The fourth-order valence-electron chi connectivity index (χ4n) is 7.19. The number of aliphatic hydroxyl groups is 1. The van der Waals surface area contributed by atoms with Crippen molar-refractivity contribution in [1.29, 1.82) is 10.5 Å². The Balaban J connectivity index is 0.000000232. The molecule has 2 fully saturated rings. The summed E-state index contributed by atoms with van der Waals surface area (Å²) in [6, 6.07) is 34.4. The quantitative estimate of drug-likeness (QED) is 0.173. The molecular weight excluding hydrogens is 610 g/mol. The molecule has 6 rings (SSSR count). The van der Waals surface area contributed by atoms with Gasteiger partial charge in [0.25, 0.3) is 0 Å². The first-order valence-electron chi connectivity index (χ1n) is 17.2. The second kappa shape index (κ2) is 16.7. The summed E-state index contributed by atoms with van der Waals surface area (Å²) in [7, 11) is 0. The average Bonchev–Trinajstić information content (AvgIpc) is 3.78. The van der Waals surface area contributed by atoms with Crippen LogP contribution in [-0.2, 0) is 24.3 Å². The molecule has 2 heterocycles. The number of carbonyl (C=O) groups is 1. The number of aliphatic hydroxyl groups excluding tert-OH is 1. The largest absolute Gasteiger partial charge is 0.480 e. The standard InChI is InChI=1S/C28H33N3O.C13H14N2O2/c1-28(2,17-21-13-14-22-8-3-4-9-23(22)16-21)30-19-27(32)26-12-7-15-31(26)20-25-11-6-5-10-24(25)18-29;14-8-10-4-1-2-5-11(10)9-15-7-3-6-12(15)13(16)17/h3-6,8-11,13-14,16,26-27,30,32H,7,12,15,17,19-20H2,1-2H3;1-2,4-5,12H,3,6-7,9H2,(H,16,17)/t26-,27-;12-/m11/s1. The summed E-state index contributed by atoms with van der Waals surface area (Å²) in [6.45, 7) is 7.96. The van der Waals surface area contributed by atoms with Gasteiger partial charge in [-0.15, -0.1) is 0 Å². The molecule has 0 aromatic heterocycles. The third kappa shape index (κ3) is 9.53. The Morgan fingerprint density at radius 3 is 2.06 bits per heavy atom. The van der Waals surface area contributed by atoms with E-state index in [1.54, 1.807) is 6.07 Å². The number of benzene rings is 4. The molecule has 8 heteroatoms. The third-order valence-corrected chi connectivity index (χ3v) is 9.78. The van der Waals surface area contributed by atoms with Crippen LogP contribution in [0, 0.1) is 22.7 Å². The molecular formula is C41H47N5O3. The molecule has 254 valence electrons. The van der Waals surface area contributed by atoms with E-state index in [-0.39, 0.29) is 11.6 Å². The first kappa shape index (κ1) is 35.7. The first-order valence-corrected chi connectivity index (χ1v) is 17.2. The molecule has 0 aliphatic carbocycles. The maximum Gasteiger partial charge on any atom is 0.320 e. The van der Waals surface area contributed by atoms with Crippen molar-refractivity contribution >= 4 is 16.7 Å². The number of β-amino-alcohol motifs (C(OH)–C–C–N with tert-alkyl or cyclic N) is 1. The molecule has 2 saturated heterocycles. The van der Waals surface area contributed by atoms with E-state index in [1.165, 1.54) is 16.3 Å². The molecule has 4 aromatic carbocycles. The van der Waals surface area contributed by atoms with Gasteiger partial charge in [-0.1, -0.05) is 78.9 Å². The van der Waals surface area contributed by atoms with E-state index >= 15 is 0 Å². The Bertz CT molecular complexity index is 1810. The molecule has 0 spiro atoms. The SMILES string of the molecule is CC(C)(Cc1ccc2ccccc2c1)NC[C@@H](O)[C@H]1CCCN1Cc1ccccc1C#N.N#Cc1ccccc1CN1CCC[C@@H]1C(=O)O. The zero-order valence-corrected chi connectivity index (χ0v) is 28.6. The van der Waals surface area contributed by atoms with Gasteiger partial charge in [0.2, 0.25) is 0 Å². The van der Waals surface area contributed by atoms with Crippen LogP contribution in [0.3, 0.4) is 0 Å². The average molecular weight is 658 g/mol. The van der Waals surface area contributed by atoms with Gasteiger partial charge in [0.1, 0.15) is 6.04 Å². The molecule has 0 amide bonds. The van der Waals surface area contributed by atoms with Crippen LogP contribution >= 0.6 is 0 Å². The van der Waals surface area contributed by atoms with Crippen LogP contribution < -0.4 is 5.32 Å². The summed E-state index contributed by atoms with van der Waals surface area (Å²) in [5, 5.41) is 44.6. The smallest absolute Gasteiger partial charge is 0.320 e. The van der Waals surface area contributed by atoms with Crippen molar-refractivity contribution in [2.24, 2.45) is 0 Å². The number of fused-ring (bicyclic) bond motifs is 1. The summed E-state index contributed by atoms with van der Waals surface area (Å²) in [5.74, 6) is -0.767. The maximum atomic E-state index is 11.0. The molecule has 2 aliphatic heterocycles. The number of carboxylic acids is 1. The van der Waals surface area contributed by atoms with Crippen molar-refractivity contribution in [2.45, 2.75) is 82.8 Å². The lowest BCUT2D eigenvalue weighted by Crippen LogP contribution is -2.50. The minimum absolute atomic E-state index is 0.116. The lowest BCUT2D eigenvalue weighted by Gasteiger charge is -2.33. The molecule has 8 nitrogen and oxygen atoms in total. The Labute approximate surface area is 290 Å². The highest BCUT2D eigenvalue weighted by Crippen LogP contribution is 2.25. The number of hydrogen-bond acceptors (Lipinski definition) is 7. The Hall–Kier alpha value is -4.57. The van der Waals surface area contributed by atoms with Crippen molar-refractivity contribution in [3.8, 4) is 12.1 Å². The number of likely N-dealkylation sites (tertiary alicyclic amines) is 2. The fraction of sp³-hybridized carbons (Fsp3) is 0.390. The number of nitriles is 2. The number of rotatable bonds is 11. The third-order valence-electron chi connectivity index (χ3n) is 9.78. The molecule has 0 unspecified atom stereocenters. The number of hydrogen-bond donors (Lipinski definition) is 3. The van der Waals surface area contributed by atoms with Crippen molar-refractivity contribution in [1.82, 2.24) is 15.1 Å². The summed E-state index contributed by atoms with van der Waals surface area (Å²) in [5.41, 5.74) is 4.47. The van der Waals surface area contributed by atoms with E-state index < -0.39 is 18.1 Å². The number of aliphatic carboxylic acids is 1. The fourth-order valence-corrected chi connectivity index (χ4v) is 7.19. The number of nitrogens with one attached hydrogen (secondary N) is 1. The molecule has 0 saturated carbocycles. The summed E-state index contributed by atoms with van der Waals surface area (Å²) in [4.78, 5) is 15.3. The van der Waals surface area contributed by atoms with E-state index in [1.807, 2.05) is 47.4 Å². The topological polar surface area (TPSA) is 124 Å². The van der Waals surface area contributed by atoms with E-state index in [4.69, 9.17) is 10.4 Å². The minimum atomic E-state index is -0.767. The monoisotopic (exact) mass is 657 g/mol. The van der Waals surface area contributed by atoms with Crippen LogP contribution in [0.4, 0.5) is 0 Å². The van der Waals surface area contributed by atoms with E-state index in [0.717, 1.165) is 55.5 Å². The summed E-state index contributed by atoms with van der Waals surface area (Å²) in [6.07, 6.45) is 4.13. The second-order valence-corrected chi connectivity index (χ2v) is 13.9. The van der Waals surface area contributed by atoms with Gasteiger partial charge in [0.15, 0.2) is 0 Å². The van der Waals surface area contributed by atoms with Crippen molar-refractivity contribution in [2.75, 3.05) is 19.6 Å². The van der Waals surface area contributed by atoms with Gasteiger partial charge in [0, 0.05) is 31.2 Å². The highest BCUT2D eigenvalue weighted by Gasteiger charge is 2.32. The van der Waals surface area contributed by atoms with Gasteiger partial charge >= 0.3 is 5.97 Å². The summed E-state index contributed by atoms with van der Waals surface area (Å²) >= 11 is 0. The van der Waals surface area contributed by atoms with Gasteiger partial charge in [-0.3, -0.25) is 14.6 Å². The normalized spacial score (nSPS) is 18.7. The molecule has 0 bridgehead atoms. The van der Waals surface area contributed by atoms with E-state index in [0.29, 0.717) is 31.6 Å². The molecule has 4 aromatic rings. The van der Waals surface area contributed by atoms with Crippen LogP contribution in [0.1, 0.15) is 67.3 Å². The van der Waals surface area contributed by atoms with Crippen molar-refractivity contribution < 1.29 is 15.0 Å². The Kier molecular flexibility index (Phi) is 12.2. The van der Waals surface area contributed by atoms with Gasteiger partial charge in [0.05, 0.1) is 29.4 Å². The van der Waals surface area contributed by atoms with E-state index in [9.17, 15) is 15.2 Å².